The molecule has 0 aromatic heterocycles. The molecule has 2 rings (SSSR count). The molecule has 0 aliphatic heterocycles. The Morgan fingerprint density at radius 2 is 2.04 bits per heavy atom. The molecule has 0 atom stereocenters. The highest BCUT2D eigenvalue weighted by atomic mass is 35.5. The maximum atomic E-state index is 12.1. The van der Waals surface area contributed by atoms with Gasteiger partial charge in [-0.2, -0.15) is 0 Å². The molecule has 0 aliphatic carbocycles. The van der Waals surface area contributed by atoms with Crippen molar-refractivity contribution in [3.05, 3.63) is 67.7 Å². The molecule has 0 unspecified atom stereocenters. The van der Waals surface area contributed by atoms with Crippen LogP contribution < -0.4 is 0 Å². The molecule has 0 spiro atoms. The summed E-state index contributed by atoms with van der Waals surface area (Å²) in [6.07, 6.45) is 0. The highest BCUT2D eigenvalue weighted by molar-refractivity contribution is 7.99. The number of nitro groups is 1. The highest BCUT2D eigenvalue weighted by Crippen LogP contribution is 2.30. The Morgan fingerprint density at radius 1 is 1.29 bits per heavy atom. The number of halogens is 2. The second kappa shape index (κ2) is 8.37. The molecule has 0 aliphatic rings. The van der Waals surface area contributed by atoms with Gasteiger partial charge in [0.1, 0.15) is 12.2 Å². The van der Waals surface area contributed by atoms with Crippen LogP contribution in [0.25, 0.3) is 0 Å². The van der Waals surface area contributed by atoms with Gasteiger partial charge in [-0.1, -0.05) is 35.3 Å². The lowest BCUT2D eigenvalue weighted by Gasteiger charge is -2.07. The molecule has 8 heteroatoms. The van der Waals surface area contributed by atoms with Crippen molar-refractivity contribution in [3.63, 3.8) is 0 Å². The van der Waals surface area contributed by atoms with Crippen molar-refractivity contribution in [2.24, 2.45) is 0 Å². The second-order valence-corrected chi connectivity index (χ2v) is 6.77. The Kier molecular flexibility index (Phi) is 6.48. The molecule has 24 heavy (non-hydrogen) atoms. The standard InChI is InChI=1S/C16H13Cl2NO4S/c1-10-3-2-4-12(15(10)19(21)22)16(20)23-7-8-24-14-9-11(17)5-6-13(14)18/h2-6,9H,7-8H2,1H3. The average molecular weight is 386 g/mol. The Balaban J connectivity index is 1.96. The van der Waals surface area contributed by atoms with Crippen LogP contribution in [0.4, 0.5) is 5.69 Å². The number of aryl methyl sites for hydroxylation is 1. The fourth-order valence-electron chi connectivity index (χ4n) is 2.02. The Hall–Kier alpha value is -1.76. The molecule has 0 bridgehead atoms. The van der Waals surface area contributed by atoms with E-state index in [0.29, 0.717) is 21.4 Å². The SMILES string of the molecule is Cc1cccc(C(=O)OCCSc2cc(Cl)ccc2Cl)c1[N+](=O)[O-]. The van der Waals surface area contributed by atoms with Crippen LogP contribution in [-0.4, -0.2) is 23.3 Å². The van der Waals surface area contributed by atoms with E-state index in [1.165, 1.54) is 17.8 Å². The summed E-state index contributed by atoms with van der Waals surface area (Å²) in [6.45, 7) is 1.67. The largest absolute Gasteiger partial charge is 0.461 e. The molecule has 0 fully saturated rings. The number of nitrogens with zero attached hydrogens (tertiary/aromatic N) is 1. The Morgan fingerprint density at radius 3 is 2.75 bits per heavy atom. The molecule has 0 saturated carbocycles. The minimum absolute atomic E-state index is 0.0502. The summed E-state index contributed by atoms with van der Waals surface area (Å²) in [5.41, 5.74) is 0.133. The van der Waals surface area contributed by atoms with E-state index in [9.17, 15) is 14.9 Å². The van der Waals surface area contributed by atoms with E-state index in [2.05, 4.69) is 0 Å². The number of ether oxygens (including phenoxy) is 1. The third-order valence-electron chi connectivity index (χ3n) is 3.11. The Bertz CT molecular complexity index is 783. The van der Waals surface area contributed by atoms with E-state index < -0.39 is 10.9 Å². The van der Waals surface area contributed by atoms with E-state index in [1.807, 2.05) is 0 Å². The normalized spacial score (nSPS) is 10.5. The molecule has 2 aromatic rings. The molecule has 5 nitrogen and oxygen atoms in total. The lowest BCUT2D eigenvalue weighted by atomic mass is 10.1. The van der Waals surface area contributed by atoms with Crippen molar-refractivity contribution >= 4 is 46.6 Å². The lowest BCUT2D eigenvalue weighted by molar-refractivity contribution is -0.385. The first-order valence-electron chi connectivity index (χ1n) is 6.89. The first-order chi connectivity index (χ1) is 11.4. The van der Waals surface area contributed by atoms with Crippen molar-refractivity contribution in [1.29, 1.82) is 0 Å². The number of para-hydroxylation sites is 1. The molecule has 0 amide bonds. The zero-order valence-electron chi connectivity index (χ0n) is 12.6. The highest BCUT2D eigenvalue weighted by Gasteiger charge is 2.23. The number of carbonyl (C=O) groups excluding carboxylic acids is 1. The van der Waals surface area contributed by atoms with Crippen molar-refractivity contribution in [2.75, 3.05) is 12.4 Å². The van der Waals surface area contributed by atoms with Crippen LogP contribution in [0.1, 0.15) is 15.9 Å². The van der Waals surface area contributed by atoms with Crippen molar-refractivity contribution in [3.8, 4) is 0 Å². The van der Waals surface area contributed by atoms with Gasteiger partial charge in [0.2, 0.25) is 0 Å². The van der Waals surface area contributed by atoms with E-state index in [-0.39, 0.29) is 17.9 Å². The van der Waals surface area contributed by atoms with E-state index in [1.54, 1.807) is 37.3 Å². The van der Waals surface area contributed by atoms with Gasteiger partial charge in [0.25, 0.3) is 5.69 Å². The van der Waals surface area contributed by atoms with E-state index in [0.717, 1.165) is 4.90 Å². The zero-order valence-corrected chi connectivity index (χ0v) is 15.0. The van der Waals surface area contributed by atoms with Crippen molar-refractivity contribution in [2.45, 2.75) is 11.8 Å². The zero-order chi connectivity index (χ0) is 17.7. The molecule has 2 aromatic carbocycles. The van der Waals surface area contributed by atoms with Crippen LogP contribution in [0.2, 0.25) is 10.0 Å². The number of thioether (sulfide) groups is 1. The number of carbonyl (C=O) groups is 1. The van der Waals surface area contributed by atoms with E-state index in [4.69, 9.17) is 27.9 Å². The van der Waals surface area contributed by atoms with Gasteiger partial charge >= 0.3 is 5.97 Å². The van der Waals surface area contributed by atoms with Crippen LogP contribution in [0.15, 0.2) is 41.3 Å². The predicted octanol–water partition coefficient (Wildman–Crippen LogP) is 5.16. The predicted molar refractivity (Wildman–Crippen MR) is 95.3 cm³/mol. The number of rotatable bonds is 6. The minimum Gasteiger partial charge on any atom is -0.461 e. The van der Waals surface area contributed by atoms with Gasteiger partial charge in [-0.3, -0.25) is 10.1 Å². The summed E-state index contributed by atoms with van der Waals surface area (Å²) in [7, 11) is 0. The van der Waals surface area contributed by atoms with Gasteiger partial charge in [-0.15, -0.1) is 11.8 Å². The summed E-state index contributed by atoms with van der Waals surface area (Å²) in [5.74, 6) is -0.269. The van der Waals surface area contributed by atoms with Crippen LogP contribution in [0.5, 0.6) is 0 Å². The van der Waals surface area contributed by atoms with Crippen molar-refractivity contribution in [1.82, 2.24) is 0 Å². The third-order valence-corrected chi connectivity index (χ3v) is 4.80. The Labute approximate surface area is 153 Å². The number of nitro benzene ring substituents is 1. The van der Waals surface area contributed by atoms with Gasteiger partial charge < -0.3 is 4.74 Å². The summed E-state index contributed by atoms with van der Waals surface area (Å²) >= 11 is 13.3. The lowest BCUT2D eigenvalue weighted by Crippen LogP contribution is -2.11. The number of benzene rings is 2. The average Bonchev–Trinajstić information content (AvgIpc) is 2.53. The number of esters is 1. The summed E-state index contributed by atoms with van der Waals surface area (Å²) < 4.78 is 5.13. The van der Waals surface area contributed by atoms with Crippen LogP contribution in [0, 0.1) is 17.0 Å². The van der Waals surface area contributed by atoms with Gasteiger partial charge in [0.15, 0.2) is 0 Å². The van der Waals surface area contributed by atoms with Gasteiger partial charge in [-0.25, -0.2) is 4.79 Å². The van der Waals surface area contributed by atoms with Gasteiger partial charge in [0.05, 0.1) is 9.95 Å². The molecule has 0 heterocycles. The maximum Gasteiger partial charge on any atom is 0.345 e. The van der Waals surface area contributed by atoms with Crippen LogP contribution in [-0.2, 0) is 4.74 Å². The molecular formula is C16H13Cl2NO4S. The molecule has 0 saturated heterocycles. The maximum absolute atomic E-state index is 12.1. The van der Waals surface area contributed by atoms with Gasteiger partial charge in [-0.05, 0) is 31.2 Å². The fraction of sp³-hybridized carbons (Fsp3) is 0.188. The number of hydrogen-bond donors (Lipinski definition) is 0. The summed E-state index contributed by atoms with van der Waals surface area (Å²) in [6, 6.07) is 9.64. The second-order valence-electron chi connectivity index (χ2n) is 4.79. The van der Waals surface area contributed by atoms with Gasteiger partial charge in [0, 0.05) is 21.2 Å². The van der Waals surface area contributed by atoms with Crippen LogP contribution in [0.3, 0.4) is 0 Å². The molecule has 126 valence electrons. The molecular weight excluding hydrogens is 373 g/mol. The third kappa shape index (κ3) is 4.63. The quantitative estimate of drug-likeness (QED) is 0.226. The smallest absolute Gasteiger partial charge is 0.345 e. The topological polar surface area (TPSA) is 69.4 Å². The van der Waals surface area contributed by atoms with Crippen molar-refractivity contribution < 1.29 is 14.5 Å². The first kappa shape index (κ1) is 18.6. The molecule has 0 N–H and O–H groups in total. The summed E-state index contributed by atoms with van der Waals surface area (Å²) in [4.78, 5) is 23.4. The van der Waals surface area contributed by atoms with Crippen LogP contribution >= 0.6 is 35.0 Å². The van der Waals surface area contributed by atoms with E-state index >= 15 is 0 Å². The summed E-state index contributed by atoms with van der Waals surface area (Å²) in [5, 5.41) is 12.2. The monoisotopic (exact) mass is 385 g/mol. The first-order valence-corrected chi connectivity index (χ1v) is 8.63. The fourth-order valence-corrected chi connectivity index (χ4v) is 3.34. The minimum atomic E-state index is -0.719. The number of hydrogen-bond acceptors (Lipinski definition) is 5. The molecule has 0 radical (unpaired) electrons.